The number of rotatable bonds is 6. The molecule has 0 aromatic carbocycles. The predicted octanol–water partition coefficient (Wildman–Crippen LogP) is 1.28. The van der Waals surface area contributed by atoms with Gasteiger partial charge in [-0.3, -0.25) is 9.00 Å². The molecule has 1 heterocycles. The molecule has 3 nitrogen and oxygen atoms in total. The Morgan fingerprint density at radius 3 is 2.93 bits per heavy atom. The summed E-state index contributed by atoms with van der Waals surface area (Å²) in [7, 11) is -1.02. The number of hydrogen-bond acceptors (Lipinski definition) is 3. The molecule has 1 fully saturated rings. The van der Waals surface area contributed by atoms with Crippen molar-refractivity contribution in [3.8, 4) is 0 Å². The second-order valence-electron chi connectivity index (χ2n) is 3.67. The SMILES string of the molecule is CCCC(=O)CS(=O)CC1CCCO1. The highest BCUT2D eigenvalue weighted by atomic mass is 32.2. The molecule has 0 aromatic heterocycles. The fraction of sp³-hybridized carbons (Fsp3) is 0.900. The first-order valence-corrected chi connectivity index (χ1v) is 6.69. The summed E-state index contributed by atoms with van der Waals surface area (Å²) in [6, 6.07) is 0. The molecule has 1 rings (SSSR count). The summed E-state index contributed by atoms with van der Waals surface area (Å²) in [5.41, 5.74) is 0. The molecule has 82 valence electrons. The van der Waals surface area contributed by atoms with Crippen LogP contribution in [0.2, 0.25) is 0 Å². The predicted molar refractivity (Wildman–Crippen MR) is 56.8 cm³/mol. The standard InChI is InChI=1S/C10H18O3S/c1-2-4-9(11)7-14(12)8-10-5-3-6-13-10/h10H,2-8H2,1H3. The number of ether oxygens (including phenoxy) is 1. The monoisotopic (exact) mass is 218 g/mol. The van der Waals surface area contributed by atoms with Crippen molar-refractivity contribution in [3.05, 3.63) is 0 Å². The summed E-state index contributed by atoms with van der Waals surface area (Å²) in [6.07, 6.45) is 3.58. The van der Waals surface area contributed by atoms with Gasteiger partial charge in [0.1, 0.15) is 5.78 Å². The van der Waals surface area contributed by atoms with Gasteiger partial charge in [-0.2, -0.15) is 0 Å². The van der Waals surface area contributed by atoms with Gasteiger partial charge in [-0.05, 0) is 19.3 Å². The van der Waals surface area contributed by atoms with Crippen LogP contribution >= 0.6 is 0 Å². The molecule has 0 aromatic rings. The minimum absolute atomic E-state index is 0.115. The summed E-state index contributed by atoms with van der Waals surface area (Å²) in [6.45, 7) is 2.74. The van der Waals surface area contributed by atoms with Gasteiger partial charge in [0.2, 0.25) is 0 Å². The molecule has 2 unspecified atom stereocenters. The fourth-order valence-corrected chi connectivity index (χ4v) is 2.87. The Balaban J connectivity index is 2.17. The number of carbonyl (C=O) groups is 1. The molecule has 1 saturated heterocycles. The molecule has 0 aliphatic carbocycles. The summed E-state index contributed by atoms with van der Waals surface area (Å²) < 4.78 is 16.9. The zero-order chi connectivity index (χ0) is 10.4. The molecule has 0 saturated carbocycles. The number of Topliss-reactive ketones (excluding diaryl/α,β-unsaturated/α-hetero) is 1. The van der Waals surface area contributed by atoms with Gasteiger partial charge in [0, 0.05) is 23.8 Å². The first kappa shape index (κ1) is 11.9. The minimum atomic E-state index is -1.02. The number of ketones is 1. The maximum absolute atomic E-state index is 11.5. The molecule has 0 radical (unpaired) electrons. The van der Waals surface area contributed by atoms with Crippen LogP contribution in [0.4, 0.5) is 0 Å². The Bertz CT molecular complexity index is 209. The summed E-state index contributed by atoms with van der Waals surface area (Å²) in [5, 5.41) is 0. The van der Waals surface area contributed by atoms with Crippen LogP contribution in [0.3, 0.4) is 0 Å². The lowest BCUT2D eigenvalue weighted by Gasteiger charge is -2.07. The van der Waals surface area contributed by atoms with Gasteiger partial charge in [0.25, 0.3) is 0 Å². The summed E-state index contributed by atoms with van der Waals surface area (Å²) in [4.78, 5) is 11.2. The van der Waals surface area contributed by atoms with Crippen molar-refractivity contribution in [2.45, 2.75) is 38.7 Å². The summed E-state index contributed by atoms with van der Waals surface area (Å²) in [5.74, 6) is 0.868. The van der Waals surface area contributed by atoms with Crippen LogP contribution in [0.25, 0.3) is 0 Å². The van der Waals surface area contributed by atoms with E-state index < -0.39 is 10.8 Å². The third-order valence-corrected chi connectivity index (χ3v) is 3.63. The van der Waals surface area contributed by atoms with Gasteiger partial charge in [-0.15, -0.1) is 0 Å². The fourth-order valence-electron chi connectivity index (χ4n) is 1.57. The molecule has 4 heteroatoms. The van der Waals surface area contributed by atoms with E-state index in [0.29, 0.717) is 12.2 Å². The van der Waals surface area contributed by atoms with Crippen LogP contribution in [-0.4, -0.2) is 34.2 Å². The Hall–Kier alpha value is -0.220. The first-order valence-electron chi connectivity index (χ1n) is 5.20. The average molecular weight is 218 g/mol. The smallest absolute Gasteiger partial charge is 0.145 e. The van der Waals surface area contributed by atoms with Crippen molar-refractivity contribution >= 4 is 16.6 Å². The van der Waals surface area contributed by atoms with E-state index in [4.69, 9.17) is 4.74 Å². The molecule has 0 bridgehead atoms. The zero-order valence-electron chi connectivity index (χ0n) is 8.66. The Morgan fingerprint density at radius 2 is 2.36 bits per heavy atom. The van der Waals surface area contributed by atoms with Crippen LogP contribution in [-0.2, 0) is 20.3 Å². The van der Waals surface area contributed by atoms with E-state index in [9.17, 15) is 9.00 Å². The third-order valence-electron chi connectivity index (χ3n) is 2.25. The minimum Gasteiger partial charge on any atom is -0.377 e. The second kappa shape index (κ2) is 6.30. The Morgan fingerprint density at radius 1 is 1.57 bits per heavy atom. The molecule has 2 atom stereocenters. The number of hydrogen-bond donors (Lipinski definition) is 0. The highest BCUT2D eigenvalue weighted by Gasteiger charge is 2.19. The van der Waals surface area contributed by atoms with Crippen molar-refractivity contribution in [1.29, 1.82) is 0 Å². The van der Waals surface area contributed by atoms with E-state index in [0.717, 1.165) is 25.9 Å². The molecular weight excluding hydrogens is 200 g/mol. The lowest BCUT2D eigenvalue weighted by molar-refractivity contribution is -0.116. The van der Waals surface area contributed by atoms with E-state index in [1.807, 2.05) is 6.92 Å². The summed E-state index contributed by atoms with van der Waals surface area (Å²) >= 11 is 0. The molecule has 1 aliphatic rings. The Labute approximate surface area is 87.7 Å². The molecular formula is C10H18O3S. The largest absolute Gasteiger partial charge is 0.377 e. The van der Waals surface area contributed by atoms with Gasteiger partial charge in [-0.1, -0.05) is 6.92 Å². The third kappa shape index (κ3) is 4.33. The van der Waals surface area contributed by atoms with E-state index >= 15 is 0 Å². The normalized spacial score (nSPS) is 23.6. The van der Waals surface area contributed by atoms with Crippen LogP contribution in [0.15, 0.2) is 0 Å². The van der Waals surface area contributed by atoms with Crippen LogP contribution in [0.1, 0.15) is 32.6 Å². The van der Waals surface area contributed by atoms with Crippen molar-refractivity contribution in [1.82, 2.24) is 0 Å². The quantitative estimate of drug-likeness (QED) is 0.674. The average Bonchev–Trinajstić information content (AvgIpc) is 2.56. The van der Waals surface area contributed by atoms with Gasteiger partial charge < -0.3 is 4.74 Å². The van der Waals surface area contributed by atoms with Gasteiger partial charge >= 0.3 is 0 Å². The number of carbonyl (C=O) groups excluding carboxylic acids is 1. The second-order valence-corrected chi connectivity index (χ2v) is 5.18. The molecule has 0 amide bonds. The highest BCUT2D eigenvalue weighted by molar-refractivity contribution is 7.85. The van der Waals surface area contributed by atoms with Crippen LogP contribution in [0.5, 0.6) is 0 Å². The highest BCUT2D eigenvalue weighted by Crippen LogP contribution is 2.13. The topological polar surface area (TPSA) is 43.4 Å². The van der Waals surface area contributed by atoms with Gasteiger partial charge in [0.15, 0.2) is 0 Å². The van der Waals surface area contributed by atoms with E-state index in [-0.39, 0.29) is 17.6 Å². The Kier molecular flexibility index (Phi) is 5.33. The maximum atomic E-state index is 11.5. The lowest BCUT2D eigenvalue weighted by Crippen LogP contribution is -2.21. The molecule has 0 spiro atoms. The van der Waals surface area contributed by atoms with E-state index in [2.05, 4.69) is 0 Å². The zero-order valence-corrected chi connectivity index (χ0v) is 9.48. The first-order chi connectivity index (χ1) is 6.72. The van der Waals surface area contributed by atoms with Crippen LogP contribution < -0.4 is 0 Å². The van der Waals surface area contributed by atoms with Gasteiger partial charge in [-0.25, -0.2) is 0 Å². The van der Waals surface area contributed by atoms with E-state index in [1.54, 1.807) is 0 Å². The van der Waals surface area contributed by atoms with Crippen LogP contribution in [0, 0.1) is 0 Å². The van der Waals surface area contributed by atoms with Crippen molar-refractivity contribution in [2.75, 3.05) is 18.1 Å². The maximum Gasteiger partial charge on any atom is 0.145 e. The molecule has 0 N–H and O–H groups in total. The van der Waals surface area contributed by atoms with Crippen molar-refractivity contribution in [3.63, 3.8) is 0 Å². The molecule has 14 heavy (non-hydrogen) atoms. The van der Waals surface area contributed by atoms with Crippen molar-refractivity contribution in [2.24, 2.45) is 0 Å². The molecule has 1 aliphatic heterocycles. The van der Waals surface area contributed by atoms with E-state index in [1.165, 1.54) is 0 Å². The van der Waals surface area contributed by atoms with Crippen molar-refractivity contribution < 1.29 is 13.7 Å². The van der Waals surface area contributed by atoms with Gasteiger partial charge in [0.05, 0.1) is 17.6 Å². The lowest BCUT2D eigenvalue weighted by atomic mass is 10.3.